The number of halogens is 3. The Morgan fingerprint density at radius 2 is 1.57 bits per heavy atom. The standard InChI is InChI=1S/C18H15F3N2O5/c19-18(20,21)13-5-1-12(2-6-13)10-16(24)22-15(17(25)26)9-11-3-7-14(8-4-11)23(27)28/h1-8,15H,9-10H2,(H,22,24)(H,25,26)/t15-/m1/s1. The number of rotatable bonds is 7. The van der Waals surface area contributed by atoms with E-state index in [9.17, 15) is 38.0 Å². The molecule has 2 aromatic rings. The summed E-state index contributed by atoms with van der Waals surface area (Å²) in [5.41, 5.74) is -0.238. The van der Waals surface area contributed by atoms with Crippen molar-refractivity contribution in [1.82, 2.24) is 5.32 Å². The number of carboxylic acid groups (broad SMARTS) is 1. The van der Waals surface area contributed by atoms with E-state index in [2.05, 4.69) is 5.32 Å². The number of amides is 1. The zero-order valence-corrected chi connectivity index (χ0v) is 14.3. The predicted octanol–water partition coefficient (Wildman–Crippen LogP) is 2.97. The molecule has 28 heavy (non-hydrogen) atoms. The number of non-ortho nitro benzene ring substituents is 1. The minimum absolute atomic E-state index is 0.105. The number of nitrogens with one attached hydrogen (secondary N) is 1. The maximum absolute atomic E-state index is 12.5. The Labute approximate surface area is 156 Å². The third-order valence-corrected chi connectivity index (χ3v) is 3.87. The lowest BCUT2D eigenvalue weighted by Gasteiger charge is -2.15. The van der Waals surface area contributed by atoms with Crippen molar-refractivity contribution < 1.29 is 32.8 Å². The van der Waals surface area contributed by atoms with E-state index in [-0.39, 0.29) is 18.5 Å². The number of aliphatic carboxylic acids is 1. The van der Waals surface area contributed by atoms with Crippen LogP contribution in [0.2, 0.25) is 0 Å². The van der Waals surface area contributed by atoms with E-state index >= 15 is 0 Å². The maximum Gasteiger partial charge on any atom is 0.416 e. The van der Waals surface area contributed by atoms with Gasteiger partial charge in [0, 0.05) is 18.6 Å². The van der Waals surface area contributed by atoms with Gasteiger partial charge in [0.15, 0.2) is 0 Å². The van der Waals surface area contributed by atoms with Gasteiger partial charge in [-0.1, -0.05) is 24.3 Å². The van der Waals surface area contributed by atoms with Gasteiger partial charge in [-0.05, 0) is 23.3 Å². The summed E-state index contributed by atoms with van der Waals surface area (Å²) >= 11 is 0. The highest BCUT2D eigenvalue weighted by molar-refractivity contribution is 5.85. The van der Waals surface area contributed by atoms with Crippen LogP contribution in [0, 0.1) is 10.1 Å². The molecule has 2 rings (SSSR count). The van der Waals surface area contributed by atoms with Crippen LogP contribution in [-0.4, -0.2) is 27.9 Å². The first-order valence-electron chi connectivity index (χ1n) is 7.98. The lowest BCUT2D eigenvalue weighted by molar-refractivity contribution is -0.384. The van der Waals surface area contributed by atoms with Crippen molar-refractivity contribution in [3.05, 3.63) is 75.3 Å². The zero-order chi connectivity index (χ0) is 20.9. The molecule has 0 radical (unpaired) electrons. The fraction of sp³-hybridized carbons (Fsp3) is 0.222. The average molecular weight is 396 g/mol. The largest absolute Gasteiger partial charge is 0.480 e. The minimum Gasteiger partial charge on any atom is -0.480 e. The van der Waals surface area contributed by atoms with Crippen molar-refractivity contribution in [3.8, 4) is 0 Å². The first-order chi connectivity index (χ1) is 13.1. The predicted molar refractivity (Wildman–Crippen MR) is 91.5 cm³/mol. The number of alkyl halides is 3. The van der Waals surface area contributed by atoms with Crippen molar-refractivity contribution in [2.45, 2.75) is 25.1 Å². The van der Waals surface area contributed by atoms with Gasteiger partial charge in [-0.3, -0.25) is 14.9 Å². The van der Waals surface area contributed by atoms with Crippen LogP contribution in [0.15, 0.2) is 48.5 Å². The van der Waals surface area contributed by atoms with Gasteiger partial charge in [0.05, 0.1) is 16.9 Å². The quantitative estimate of drug-likeness (QED) is 0.552. The van der Waals surface area contributed by atoms with Crippen LogP contribution in [-0.2, 0) is 28.6 Å². The number of carbonyl (C=O) groups excluding carboxylic acids is 1. The zero-order valence-electron chi connectivity index (χ0n) is 14.3. The molecular formula is C18H15F3N2O5. The number of nitro benzene ring substituents is 1. The summed E-state index contributed by atoms with van der Waals surface area (Å²) in [6, 6.07) is 7.90. The van der Waals surface area contributed by atoms with E-state index in [0.29, 0.717) is 11.1 Å². The molecule has 0 spiro atoms. The molecule has 0 aliphatic carbocycles. The third kappa shape index (κ3) is 5.79. The third-order valence-electron chi connectivity index (χ3n) is 3.87. The summed E-state index contributed by atoms with van der Waals surface area (Å²) in [5.74, 6) is -1.98. The maximum atomic E-state index is 12.5. The Kier molecular flexibility index (Phi) is 6.34. The number of nitro groups is 1. The lowest BCUT2D eigenvalue weighted by atomic mass is 10.0. The molecule has 0 aliphatic heterocycles. The van der Waals surface area contributed by atoms with Gasteiger partial charge in [-0.2, -0.15) is 13.2 Å². The minimum atomic E-state index is -4.49. The molecule has 0 aliphatic rings. The lowest BCUT2D eigenvalue weighted by Crippen LogP contribution is -2.43. The molecule has 1 amide bonds. The second-order valence-corrected chi connectivity index (χ2v) is 5.96. The molecule has 0 saturated heterocycles. The van der Waals surface area contributed by atoms with E-state index in [1.165, 1.54) is 24.3 Å². The first-order valence-corrected chi connectivity index (χ1v) is 7.98. The monoisotopic (exact) mass is 396 g/mol. The second-order valence-electron chi connectivity index (χ2n) is 5.96. The van der Waals surface area contributed by atoms with Crippen LogP contribution in [0.25, 0.3) is 0 Å². The summed E-state index contributed by atoms with van der Waals surface area (Å²) in [5, 5.41) is 22.2. The smallest absolute Gasteiger partial charge is 0.416 e. The topological polar surface area (TPSA) is 110 Å². The van der Waals surface area contributed by atoms with E-state index in [1.54, 1.807) is 0 Å². The van der Waals surface area contributed by atoms with Crippen LogP contribution < -0.4 is 5.32 Å². The number of hydrogen-bond acceptors (Lipinski definition) is 4. The Morgan fingerprint density at radius 1 is 1.04 bits per heavy atom. The highest BCUT2D eigenvalue weighted by atomic mass is 19.4. The molecule has 0 bridgehead atoms. The molecule has 0 saturated carbocycles. The molecular weight excluding hydrogens is 381 g/mol. The van der Waals surface area contributed by atoms with E-state index < -0.39 is 34.6 Å². The SMILES string of the molecule is O=C(Cc1ccc(C(F)(F)F)cc1)N[C@H](Cc1ccc([N+](=O)[O-])cc1)C(=O)O. The molecule has 10 heteroatoms. The van der Waals surface area contributed by atoms with Gasteiger partial charge in [-0.25, -0.2) is 4.79 Å². The summed E-state index contributed by atoms with van der Waals surface area (Å²) in [6.45, 7) is 0. The molecule has 0 fully saturated rings. The molecule has 148 valence electrons. The fourth-order valence-electron chi connectivity index (χ4n) is 2.43. The Hall–Kier alpha value is -3.43. The van der Waals surface area contributed by atoms with Crippen molar-refractivity contribution in [1.29, 1.82) is 0 Å². The second kappa shape index (κ2) is 8.51. The van der Waals surface area contributed by atoms with Crippen LogP contribution >= 0.6 is 0 Å². The summed E-state index contributed by atoms with van der Waals surface area (Å²) in [7, 11) is 0. The normalized spacial score (nSPS) is 12.2. The van der Waals surface area contributed by atoms with Crippen LogP contribution in [0.4, 0.5) is 18.9 Å². The van der Waals surface area contributed by atoms with Crippen molar-refractivity contribution >= 4 is 17.6 Å². The molecule has 7 nitrogen and oxygen atoms in total. The Bertz CT molecular complexity index is 864. The highest BCUT2D eigenvalue weighted by Gasteiger charge is 2.30. The van der Waals surface area contributed by atoms with Crippen molar-refractivity contribution in [2.75, 3.05) is 0 Å². The van der Waals surface area contributed by atoms with Gasteiger partial charge >= 0.3 is 12.1 Å². The van der Waals surface area contributed by atoms with Crippen LogP contribution in [0.1, 0.15) is 16.7 Å². The summed E-state index contributed by atoms with van der Waals surface area (Å²) in [6.07, 6.45) is -4.88. The van der Waals surface area contributed by atoms with Crippen molar-refractivity contribution in [2.24, 2.45) is 0 Å². The van der Waals surface area contributed by atoms with Gasteiger partial charge in [0.1, 0.15) is 6.04 Å². The van der Waals surface area contributed by atoms with Gasteiger partial charge in [0.25, 0.3) is 5.69 Å². The number of carboxylic acids is 1. The van der Waals surface area contributed by atoms with Gasteiger partial charge in [-0.15, -0.1) is 0 Å². The number of hydrogen-bond donors (Lipinski definition) is 2. The Morgan fingerprint density at radius 3 is 2.04 bits per heavy atom. The Balaban J connectivity index is 2.00. The van der Waals surface area contributed by atoms with E-state index in [0.717, 1.165) is 24.3 Å². The van der Waals surface area contributed by atoms with Crippen molar-refractivity contribution in [3.63, 3.8) is 0 Å². The van der Waals surface area contributed by atoms with E-state index in [1.807, 2.05) is 0 Å². The van der Waals surface area contributed by atoms with Crippen LogP contribution in [0.3, 0.4) is 0 Å². The molecule has 1 atom stereocenters. The van der Waals surface area contributed by atoms with Gasteiger partial charge in [0.2, 0.25) is 5.91 Å². The molecule has 0 heterocycles. The highest BCUT2D eigenvalue weighted by Crippen LogP contribution is 2.29. The number of nitrogens with zero attached hydrogens (tertiary/aromatic N) is 1. The first kappa shape index (κ1) is 20.9. The summed E-state index contributed by atoms with van der Waals surface area (Å²) < 4.78 is 37.6. The average Bonchev–Trinajstić information content (AvgIpc) is 2.61. The summed E-state index contributed by atoms with van der Waals surface area (Å²) in [4.78, 5) is 33.5. The number of carbonyl (C=O) groups is 2. The molecule has 0 unspecified atom stereocenters. The van der Waals surface area contributed by atoms with E-state index in [4.69, 9.17) is 0 Å². The molecule has 2 N–H and O–H groups in total. The molecule has 0 aromatic heterocycles. The molecule has 2 aromatic carbocycles. The number of benzene rings is 2. The van der Waals surface area contributed by atoms with Crippen LogP contribution in [0.5, 0.6) is 0 Å². The van der Waals surface area contributed by atoms with Gasteiger partial charge < -0.3 is 10.4 Å². The fourth-order valence-corrected chi connectivity index (χ4v) is 2.43.